The van der Waals surface area contributed by atoms with Crippen molar-refractivity contribution in [2.45, 2.75) is 31.6 Å². The van der Waals surface area contributed by atoms with Crippen molar-refractivity contribution in [2.75, 3.05) is 6.54 Å². The molecule has 0 aromatic carbocycles. The quantitative estimate of drug-likeness (QED) is 0.859. The molecule has 0 spiro atoms. The van der Waals surface area contributed by atoms with Crippen molar-refractivity contribution >= 4 is 5.91 Å². The Bertz CT molecular complexity index is 463. The van der Waals surface area contributed by atoms with Gasteiger partial charge in [0.1, 0.15) is 0 Å². The van der Waals surface area contributed by atoms with Crippen LogP contribution in [-0.4, -0.2) is 28.3 Å². The van der Waals surface area contributed by atoms with Crippen molar-refractivity contribution in [3.8, 4) is 0 Å². The van der Waals surface area contributed by atoms with Crippen molar-refractivity contribution in [2.24, 2.45) is 7.05 Å². The van der Waals surface area contributed by atoms with Crippen molar-refractivity contribution in [3.05, 3.63) is 17.5 Å². The lowest BCUT2D eigenvalue weighted by molar-refractivity contribution is -0.142. The summed E-state index contributed by atoms with van der Waals surface area (Å²) in [5.74, 6) is -0.269. The Labute approximate surface area is 108 Å². The molecule has 0 aliphatic carbocycles. The number of hydrogen-bond acceptors (Lipinski definition) is 3. The molecule has 8 heteroatoms. The maximum Gasteiger partial charge on any atom is 0.435 e. The van der Waals surface area contributed by atoms with E-state index in [2.05, 4.69) is 15.7 Å². The molecule has 1 aliphatic rings. The molecule has 1 aromatic heterocycles. The van der Waals surface area contributed by atoms with Crippen LogP contribution in [-0.2, 0) is 24.6 Å². The molecule has 1 saturated heterocycles. The zero-order valence-corrected chi connectivity index (χ0v) is 10.4. The van der Waals surface area contributed by atoms with E-state index in [1.54, 1.807) is 0 Å². The van der Waals surface area contributed by atoms with Crippen LogP contribution in [0.3, 0.4) is 0 Å². The highest BCUT2D eigenvalue weighted by Gasteiger charge is 2.37. The number of rotatable bonds is 3. The predicted molar refractivity (Wildman–Crippen MR) is 61.1 cm³/mol. The number of nitrogens with zero attached hydrogens (tertiary/aromatic N) is 2. The Morgan fingerprint density at radius 3 is 2.95 bits per heavy atom. The molecule has 2 rings (SSSR count). The molecular weight excluding hydrogens is 261 g/mol. The number of amides is 1. The second-order valence-electron chi connectivity index (χ2n) is 4.54. The highest BCUT2D eigenvalue weighted by molar-refractivity contribution is 5.81. The van der Waals surface area contributed by atoms with Gasteiger partial charge in [0.2, 0.25) is 5.91 Å². The fraction of sp³-hybridized carbons (Fsp3) is 0.636. The predicted octanol–water partition coefficient (Wildman–Crippen LogP) is 0.807. The molecule has 19 heavy (non-hydrogen) atoms. The van der Waals surface area contributed by atoms with Gasteiger partial charge in [0, 0.05) is 25.4 Å². The summed E-state index contributed by atoms with van der Waals surface area (Å²) >= 11 is 0. The third kappa shape index (κ3) is 3.25. The highest BCUT2D eigenvalue weighted by atomic mass is 19.4. The molecule has 1 atom stereocenters. The molecule has 1 amide bonds. The fourth-order valence-electron chi connectivity index (χ4n) is 2.12. The first-order valence-corrected chi connectivity index (χ1v) is 5.99. The van der Waals surface area contributed by atoms with Gasteiger partial charge in [-0.2, -0.15) is 18.3 Å². The van der Waals surface area contributed by atoms with Crippen LogP contribution in [0.25, 0.3) is 0 Å². The van der Waals surface area contributed by atoms with Crippen LogP contribution >= 0.6 is 0 Å². The van der Waals surface area contributed by atoms with Crippen LogP contribution in [0.5, 0.6) is 0 Å². The van der Waals surface area contributed by atoms with Gasteiger partial charge in [-0.15, -0.1) is 0 Å². The Morgan fingerprint density at radius 1 is 1.63 bits per heavy atom. The molecule has 106 valence electrons. The summed E-state index contributed by atoms with van der Waals surface area (Å²) < 4.78 is 39.2. The number of hydrogen-bond donors (Lipinski definition) is 2. The molecular formula is C11H15F3N4O. The maximum absolute atomic E-state index is 12.7. The topological polar surface area (TPSA) is 59.0 Å². The second-order valence-corrected chi connectivity index (χ2v) is 4.54. The van der Waals surface area contributed by atoms with Gasteiger partial charge >= 0.3 is 6.18 Å². The number of carbonyl (C=O) groups is 1. The Morgan fingerprint density at radius 2 is 2.37 bits per heavy atom. The smallest absolute Gasteiger partial charge is 0.351 e. The summed E-state index contributed by atoms with van der Waals surface area (Å²) in [6, 6.07) is -0.300. The van der Waals surface area contributed by atoms with Gasteiger partial charge in [-0.25, -0.2) is 0 Å². The molecule has 2 heterocycles. The first-order valence-electron chi connectivity index (χ1n) is 5.99. The van der Waals surface area contributed by atoms with Gasteiger partial charge in [0.05, 0.1) is 6.04 Å². The highest BCUT2D eigenvalue weighted by Crippen LogP contribution is 2.30. The van der Waals surface area contributed by atoms with Crippen LogP contribution in [0.15, 0.2) is 6.20 Å². The molecule has 1 unspecified atom stereocenters. The van der Waals surface area contributed by atoms with Crippen molar-refractivity contribution < 1.29 is 18.0 Å². The number of nitrogens with one attached hydrogen (secondary N) is 2. The zero-order chi connectivity index (χ0) is 14.0. The Hall–Kier alpha value is -1.57. The summed E-state index contributed by atoms with van der Waals surface area (Å²) in [6.45, 7) is 0.596. The Kier molecular flexibility index (Phi) is 3.79. The van der Waals surface area contributed by atoms with E-state index in [9.17, 15) is 18.0 Å². The maximum atomic E-state index is 12.7. The first kappa shape index (κ1) is 13.9. The van der Waals surface area contributed by atoms with E-state index in [1.807, 2.05) is 0 Å². The molecule has 5 nitrogen and oxygen atoms in total. The zero-order valence-electron chi connectivity index (χ0n) is 10.4. The van der Waals surface area contributed by atoms with E-state index in [4.69, 9.17) is 0 Å². The minimum absolute atomic E-state index is 0.0265. The van der Waals surface area contributed by atoms with Gasteiger partial charge in [-0.3, -0.25) is 9.48 Å². The van der Waals surface area contributed by atoms with E-state index in [0.717, 1.165) is 17.6 Å². The van der Waals surface area contributed by atoms with Crippen molar-refractivity contribution in [1.29, 1.82) is 0 Å². The van der Waals surface area contributed by atoms with Crippen LogP contribution in [0.4, 0.5) is 13.2 Å². The lowest BCUT2D eigenvalue weighted by Crippen LogP contribution is -2.40. The van der Waals surface area contributed by atoms with Gasteiger partial charge < -0.3 is 10.6 Å². The number of alkyl halides is 3. The number of carbonyl (C=O) groups excluding carboxylic acids is 1. The van der Waals surface area contributed by atoms with Gasteiger partial charge in [-0.05, 0) is 19.4 Å². The van der Waals surface area contributed by atoms with Crippen LogP contribution in [0.2, 0.25) is 0 Å². The number of aryl methyl sites for hydroxylation is 1. The lowest BCUT2D eigenvalue weighted by Gasteiger charge is -2.11. The number of aromatic nitrogens is 2. The normalized spacial score (nSPS) is 19.7. The largest absolute Gasteiger partial charge is 0.435 e. The van der Waals surface area contributed by atoms with Gasteiger partial charge in [0.15, 0.2) is 5.69 Å². The van der Waals surface area contributed by atoms with E-state index in [-0.39, 0.29) is 24.1 Å². The van der Waals surface area contributed by atoms with Crippen LogP contribution in [0.1, 0.15) is 24.1 Å². The molecule has 0 saturated carbocycles. The molecule has 0 bridgehead atoms. The van der Waals surface area contributed by atoms with Crippen molar-refractivity contribution in [3.63, 3.8) is 0 Å². The van der Waals surface area contributed by atoms with Crippen molar-refractivity contribution in [1.82, 2.24) is 20.4 Å². The lowest BCUT2D eigenvalue weighted by atomic mass is 10.2. The SMILES string of the molecule is Cn1cc(CNC(=O)C2CCCN2)c(C(F)(F)F)n1. The summed E-state index contributed by atoms with van der Waals surface area (Å²) in [6.07, 6.45) is -1.62. The summed E-state index contributed by atoms with van der Waals surface area (Å²) in [7, 11) is 1.42. The van der Waals surface area contributed by atoms with E-state index in [0.29, 0.717) is 6.42 Å². The summed E-state index contributed by atoms with van der Waals surface area (Å²) in [4.78, 5) is 11.7. The summed E-state index contributed by atoms with van der Waals surface area (Å²) in [5.41, 5.74) is -0.976. The van der Waals surface area contributed by atoms with Crippen LogP contribution < -0.4 is 10.6 Å². The molecule has 0 radical (unpaired) electrons. The van der Waals surface area contributed by atoms with Gasteiger partial charge in [-0.1, -0.05) is 0 Å². The van der Waals surface area contributed by atoms with E-state index >= 15 is 0 Å². The minimum Gasteiger partial charge on any atom is -0.351 e. The standard InChI is InChI=1S/C11H15F3N4O/c1-18-6-7(9(17-18)11(12,13)14)5-16-10(19)8-3-2-4-15-8/h6,8,15H,2-5H2,1H3,(H,16,19). The minimum atomic E-state index is -4.51. The monoisotopic (exact) mass is 276 g/mol. The third-order valence-electron chi connectivity index (χ3n) is 3.00. The average Bonchev–Trinajstić information content (AvgIpc) is 2.93. The van der Waals surface area contributed by atoms with Gasteiger partial charge in [0.25, 0.3) is 0 Å². The molecule has 1 aliphatic heterocycles. The fourth-order valence-corrected chi connectivity index (χ4v) is 2.12. The molecule has 1 fully saturated rings. The second kappa shape index (κ2) is 5.20. The van der Waals surface area contributed by atoms with Crippen LogP contribution in [0, 0.1) is 0 Å². The van der Waals surface area contributed by atoms with E-state index < -0.39 is 11.9 Å². The van der Waals surface area contributed by atoms with E-state index in [1.165, 1.54) is 13.2 Å². The molecule has 1 aromatic rings. The Balaban J connectivity index is 2.01. The molecule has 2 N–H and O–H groups in total. The third-order valence-corrected chi connectivity index (χ3v) is 3.00. The average molecular weight is 276 g/mol. The first-order chi connectivity index (χ1) is 8.88. The summed E-state index contributed by atoms with van der Waals surface area (Å²) in [5, 5.41) is 8.88. The number of halogens is 3.